The molecule has 0 saturated carbocycles. The predicted octanol–water partition coefficient (Wildman–Crippen LogP) is 3.41. The molecule has 0 atom stereocenters. The first-order valence-corrected chi connectivity index (χ1v) is 8.57. The fraction of sp³-hybridized carbons (Fsp3) is 0.263. The number of hydrogen-bond acceptors (Lipinski definition) is 4. The third-order valence-electron chi connectivity index (χ3n) is 4.09. The Kier molecular flexibility index (Phi) is 5.63. The summed E-state index contributed by atoms with van der Waals surface area (Å²) < 4.78 is 12.3. The van der Waals surface area contributed by atoms with Gasteiger partial charge in [-0.25, -0.2) is 0 Å². The number of fused-ring (bicyclic) bond motifs is 1. The van der Waals surface area contributed by atoms with Crippen molar-refractivity contribution in [2.24, 2.45) is 0 Å². The summed E-state index contributed by atoms with van der Waals surface area (Å²) in [5.74, 6) is 1.26. The second kappa shape index (κ2) is 8.10. The van der Waals surface area contributed by atoms with Crippen LogP contribution in [0.15, 0.2) is 42.6 Å². The highest BCUT2D eigenvalue weighted by atomic mass is 35.5. The molecule has 0 bridgehead atoms. The van der Waals surface area contributed by atoms with Crippen LogP contribution < -0.4 is 14.8 Å². The fourth-order valence-electron chi connectivity index (χ4n) is 2.72. The van der Waals surface area contributed by atoms with Gasteiger partial charge in [0.1, 0.15) is 0 Å². The maximum atomic E-state index is 12.2. The van der Waals surface area contributed by atoms with E-state index in [0.717, 1.165) is 16.5 Å². The second-order valence-electron chi connectivity index (χ2n) is 5.79. The van der Waals surface area contributed by atoms with Gasteiger partial charge in [0.2, 0.25) is 5.91 Å². The summed E-state index contributed by atoms with van der Waals surface area (Å²) >= 11 is 5.98. The number of nitrogens with zero attached hydrogens (tertiary/aromatic N) is 2. The van der Waals surface area contributed by atoms with Crippen LogP contribution in [0.3, 0.4) is 0 Å². The van der Waals surface area contributed by atoms with Crippen molar-refractivity contribution in [3.63, 3.8) is 0 Å². The van der Waals surface area contributed by atoms with Crippen LogP contribution in [-0.2, 0) is 17.9 Å². The van der Waals surface area contributed by atoms with Crippen LogP contribution in [0.25, 0.3) is 10.9 Å². The third-order valence-corrected chi connectivity index (χ3v) is 4.33. The van der Waals surface area contributed by atoms with Gasteiger partial charge in [-0.15, -0.1) is 0 Å². The topological polar surface area (TPSA) is 65.4 Å². The summed E-state index contributed by atoms with van der Waals surface area (Å²) in [6.07, 6.45) is 2.09. The summed E-state index contributed by atoms with van der Waals surface area (Å²) in [7, 11) is 3.17. The van der Waals surface area contributed by atoms with E-state index < -0.39 is 0 Å². The van der Waals surface area contributed by atoms with Crippen LogP contribution in [0.2, 0.25) is 5.02 Å². The van der Waals surface area contributed by atoms with E-state index in [-0.39, 0.29) is 5.91 Å². The van der Waals surface area contributed by atoms with Crippen molar-refractivity contribution < 1.29 is 14.3 Å². The molecule has 0 aliphatic carbocycles. The van der Waals surface area contributed by atoms with Gasteiger partial charge >= 0.3 is 0 Å². The number of methoxy groups -OCH3 is 2. The minimum atomic E-state index is -0.0441. The summed E-state index contributed by atoms with van der Waals surface area (Å²) in [6.45, 7) is 0.928. The molecule has 0 spiro atoms. The number of nitrogens with one attached hydrogen (secondary N) is 1. The van der Waals surface area contributed by atoms with E-state index in [1.54, 1.807) is 20.4 Å². The van der Waals surface area contributed by atoms with Crippen LogP contribution in [0.4, 0.5) is 0 Å². The first kappa shape index (κ1) is 18.1. The van der Waals surface area contributed by atoms with Crippen molar-refractivity contribution >= 4 is 28.4 Å². The normalized spacial score (nSPS) is 10.7. The molecule has 0 radical (unpaired) electrons. The Morgan fingerprint density at radius 3 is 2.73 bits per heavy atom. The molecule has 0 fully saturated rings. The lowest BCUT2D eigenvalue weighted by atomic mass is 10.2. The molecule has 6 nitrogen and oxygen atoms in total. The molecule has 7 heteroatoms. The molecule has 1 heterocycles. The maximum Gasteiger partial charge on any atom is 0.222 e. The van der Waals surface area contributed by atoms with Crippen molar-refractivity contribution in [2.45, 2.75) is 19.5 Å². The van der Waals surface area contributed by atoms with Gasteiger partial charge in [0.25, 0.3) is 0 Å². The van der Waals surface area contributed by atoms with Crippen LogP contribution in [0.1, 0.15) is 12.0 Å². The standard InChI is InChI=1S/C19H20ClN3O3/c1-25-17-6-3-13(9-18(17)26-2)11-21-19(24)7-8-23-16-5-4-15(20)10-14(16)12-22-23/h3-6,9-10,12H,7-8,11H2,1-2H3,(H,21,24). The minimum Gasteiger partial charge on any atom is -0.493 e. The number of benzene rings is 2. The average molecular weight is 374 g/mol. The zero-order chi connectivity index (χ0) is 18.5. The minimum absolute atomic E-state index is 0.0441. The van der Waals surface area contributed by atoms with Crippen LogP contribution in [0, 0.1) is 0 Å². The van der Waals surface area contributed by atoms with Crippen molar-refractivity contribution in [2.75, 3.05) is 14.2 Å². The lowest BCUT2D eigenvalue weighted by molar-refractivity contribution is -0.121. The van der Waals surface area contributed by atoms with Crippen molar-refractivity contribution in [1.82, 2.24) is 15.1 Å². The summed E-state index contributed by atoms with van der Waals surface area (Å²) in [4.78, 5) is 12.2. The predicted molar refractivity (Wildman–Crippen MR) is 101 cm³/mol. The number of halogens is 1. The highest BCUT2D eigenvalue weighted by molar-refractivity contribution is 6.31. The van der Waals surface area contributed by atoms with Gasteiger partial charge in [0.15, 0.2) is 11.5 Å². The Morgan fingerprint density at radius 1 is 1.15 bits per heavy atom. The number of amides is 1. The number of aryl methyl sites for hydroxylation is 1. The van der Waals surface area contributed by atoms with E-state index in [0.29, 0.717) is 36.0 Å². The van der Waals surface area contributed by atoms with Crippen molar-refractivity contribution in [3.8, 4) is 11.5 Å². The smallest absolute Gasteiger partial charge is 0.222 e. The number of carbonyl (C=O) groups is 1. The Balaban J connectivity index is 1.56. The lowest BCUT2D eigenvalue weighted by Gasteiger charge is -2.10. The first-order chi connectivity index (χ1) is 12.6. The molecule has 1 aromatic heterocycles. The molecule has 0 unspecified atom stereocenters. The average Bonchev–Trinajstić information content (AvgIpc) is 3.06. The Bertz CT molecular complexity index is 924. The van der Waals surface area contributed by atoms with Crippen LogP contribution in [-0.4, -0.2) is 29.9 Å². The SMILES string of the molecule is COc1ccc(CNC(=O)CCn2ncc3cc(Cl)ccc32)cc1OC. The zero-order valence-corrected chi connectivity index (χ0v) is 15.4. The molecule has 1 N–H and O–H groups in total. The number of ether oxygens (including phenoxy) is 2. The largest absolute Gasteiger partial charge is 0.493 e. The molecule has 136 valence electrons. The van der Waals surface area contributed by atoms with Gasteiger partial charge in [-0.05, 0) is 35.9 Å². The molecule has 3 aromatic rings. The van der Waals surface area contributed by atoms with Gasteiger partial charge in [-0.2, -0.15) is 5.10 Å². The highest BCUT2D eigenvalue weighted by Crippen LogP contribution is 2.27. The van der Waals surface area contributed by atoms with Crippen LogP contribution in [0.5, 0.6) is 11.5 Å². The molecule has 26 heavy (non-hydrogen) atoms. The number of rotatable bonds is 7. The summed E-state index contributed by atoms with van der Waals surface area (Å²) in [6, 6.07) is 11.2. The number of carbonyl (C=O) groups excluding carboxylic acids is 1. The van der Waals surface area contributed by atoms with Crippen LogP contribution >= 0.6 is 11.6 Å². The molecule has 0 saturated heterocycles. The molecular formula is C19H20ClN3O3. The van der Waals surface area contributed by atoms with Gasteiger partial charge in [-0.1, -0.05) is 17.7 Å². The molecular weight excluding hydrogens is 354 g/mol. The Labute approximate surface area is 156 Å². The molecule has 2 aromatic carbocycles. The van der Waals surface area contributed by atoms with Crippen molar-refractivity contribution in [3.05, 3.63) is 53.2 Å². The Morgan fingerprint density at radius 2 is 1.96 bits per heavy atom. The van der Waals surface area contributed by atoms with E-state index in [2.05, 4.69) is 10.4 Å². The third kappa shape index (κ3) is 4.08. The molecule has 0 aliphatic rings. The lowest BCUT2D eigenvalue weighted by Crippen LogP contribution is -2.24. The Hall–Kier alpha value is -2.73. The van der Waals surface area contributed by atoms with Gasteiger partial charge in [0.05, 0.1) is 32.5 Å². The second-order valence-corrected chi connectivity index (χ2v) is 6.22. The fourth-order valence-corrected chi connectivity index (χ4v) is 2.90. The monoisotopic (exact) mass is 373 g/mol. The van der Waals surface area contributed by atoms with E-state index >= 15 is 0 Å². The summed E-state index contributed by atoms with van der Waals surface area (Å²) in [5.41, 5.74) is 1.90. The maximum absolute atomic E-state index is 12.2. The zero-order valence-electron chi connectivity index (χ0n) is 14.7. The van der Waals surface area contributed by atoms with E-state index in [1.807, 2.05) is 41.1 Å². The number of hydrogen-bond donors (Lipinski definition) is 1. The first-order valence-electron chi connectivity index (χ1n) is 8.19. The van der Waals surface area contributed by atoms with Gasteiger partial charge < -0.3 is 14.8 Å². The molecule has 0 aliphatic heterocycles. The highest BCUT2D eigenvalue weighted by Gasteiger charge is 2.08. The summed E-state index contributed by atoms with van der Waals surface area (Å²) in [5, 5.41) is 8.86. The van der Waals surface area contributed by atoms with E-state index in [1.165, 1.54) is 0 Å². The van der Waals surface area contributed by atoms with Crippen molar-refractivity contribution in [1.29, 1.82) is 0 Å². The van der Waals surface area contributed by atoms with E-state index in [4.69, 9.17) is 21.1 Å². The number of aromatic nitrogens is 2. The van der Waals surface area contributed by atoms with Gasteiger partial charge in [-0.3, -0.25) is 9.48 Å². The quantitative estimate of drug-likeness (QED) is 0.689. The van der Waals surface area contributed by atoms with E-state index in [9.17, 15) is 4.79 Å². The molecule has 3 rings (SSSR count). The molecule has 1 amide bonds. The van der Waals surface area contributed by atoms with Gasteiger partial charge in [0, 0.05) is 23.4 Å².